The number of anilines is 2. The van der Waals surface area contributed by atoms with Crippen LogP contribution in [0.4, 0.5) is 11.4 Å². The van der Waals surface area contributed by atoms with Crippen molar-refractivity contribution in [2.45, 2.75) is 6.61 Å². The number of allylic oxidation sites excluding steroid dienone is 1. The van der Waals surface area contributed by atoms with E-state index in [4.69, 9.17) is 4.74 Å². The molecule has 0 fully saturated rings. The molecule has 5 rings (SSSR count). The van der Waals surface area contributed by atoms with Crippen molar-refractivity contribution in [3.8, 4) is 0 Å². The number of benzene rings is 3. The van der Waals surface area contributed by atoms with E-state index in [0.29, 0.717) is 16.8 Å². The lowest BCUT2D eigenvalue weighted by Crippen LogP contribution is -2.11. The van der Waals surface area contributed by atoms with Crippen molar-refractivity contribution in [3.63, 3.8) is 0 Å². The molecule has 146 valence electrons. The highest BCUT2D eigenvalue weighted by atomic mass is 16.5. The minimum absolute atomic E-state index is 0.201. The van der Waals surface area contributed by atoms with Gasteiger partial charge in [-0.2, -0.15) is 0 Å². The zero-order valence-electron chi connectivity index (χ0n) is 16.0. The smallest absolute Gasteiger partial charge is 0.338 e. The van der Waals surface area contributed by atoms with Crippen LogP contribution in [-0.4, -0.2) is 11.9 Å². The number of amides is 1. The van der Waals surface area contributed by atoms with Gasteiger partial charge in [0.1, 0.15) is 6.61 Å². The van der Waals surface area contributed by atoms with Gasteiger partial charge in [-0.3, -0.25) is 4.79 Å². The van der Waals surface area contributed by atoms with Crippen LogP contribution in [-0.2, 0) is 16.1 Å². The lowest BCUT2D eigenvalue weighted by Gasteiger charge is -2.17. The van der Waals surface area contributed by atoms with Crippen LogP contribution in [0.2, 0.25) is 0 Å². The van der Waals surface area contributed by atoms with E-state index in [2.05, 4.69) is 10.6 Å². The highest BCUT2D eigenvalue weighted by Gasteiger charge is 2.29. The van der Waals surface area contributed by atoms with E-state index in [1.54, 1.807) is 18.2 Å². The summed E-state index contributed by atoms with van der Waals surface area (Å²) in [4.78, 5) is 25.1. The van der Waals surface area contributed by atoms with Gasteiger partial charge in [0, 0.05) is 11.3 Å². The third-order valence-corrected chi connectivity index (χ3v) is 5.14. The van der Waals surface area contributed by atoms with Crippen molar-refractivity contribution >= 4 is 34.9 Å². The predicted molar refractivity (Wildman–Crippen MR) is 117 cm³/mol. The molecule has 1 amide bonds. The summed E-state index contributed by atoms with van der Waals surface area (Å²) in [6.45, 7) is 0.201. The van der Waals surface area contributed by atoms with Gasteiger partial charge in [0.25, 0.3) is 5.91 Å². The minimum Gasteiger partial charge on any atom is -0.457 e. The highest BCUT2D eigenvalue weighted by molar-refractivity contribution is 6.33. The van der Waals surface area contributed by atoms with Gasteiger partial charge < -0.3 is 15.4 Å². The molecule has 0 spiro atoms. The molecule has 0 unspecified atom stereocenters. The molecule has 2 aliphatic heterocycles. The Labute approximate surface area is 173 Å². The van der Waals surface area contributed by atoms with E-state index < -0.39 is 5.97 Å². The van der Waals surface area contributed by atoms with Gasteiger partial charge in [0.2, 0.25) is 0 Å². The van der Waals surface area contributed by atoms with Gasteiger partial charge in [-0.05, 0) is 35.4 Å². The lowest BCUT2D eigenvalue weighted by atomic mass is 10.00. The predicted octanol–water partition coefficient (Wildman–Crippen LogP) is 4.85. The third-order valence-electron chi connectivity index (χ3n) is 5.14. The van der Waals surface area contributed by atoms with Crippen molar-refractivity contribution in [1.29, 1.82) is 0 Å². The van der Waals surface area contributed by atoms with E-state index in [0.717, 1.165) is 28.1 Å². The van der Waals surface area contributed by atoms with Gasteiger partial charge in [0.05, 0.1) is 22.5 Å². The number of hydrogen-bond acceptors (Lipinski definition) is 4. The number of ether oxygens (including phenoxy) is 1. The lowest BCUT2D eigenvalue weighted by molar-refractivity contribution is -0.110. The maximum absolute atomic E-state index is 12.7. The zero-order valence-corrected chi connectivity index (χ0v) is 16.0. The van der Waals surface area contributed by atoms with E-state index in [-0.39, 0.29) is 12.5 Å². The second kappa shape index (κ2) is 7.37. The Kier molecular flexibility index (Phi) is 4.41. The van der Waals surface area contributed by atoms with Crippen LogP contribution < -0.4 is 10.6 Å². The second-order valence-electron chi connectivity index (χ2n) is 7.11. The van der Waals surface area contributed by atoms with Gasteiger partial charge in [-0.25, -0.2) is 4.79 Å². The quantitative estimate of drug-likeness (QED) is 0.492. The molecule has 30 heavy (non-hydrogen) atoms. The monoisotopic (exact) mass is 394 g/mol. The standard InChI is InChI=1S/C25H18N2O3/c28-24-23(21-13-11-17-8-4-5-9-20(17)26-21)19-12-10-18(14-22(19)27-24)25(29)30-15-16-6-2-1-3-7-16/h1-14,26H,15H2,(H,27,28)/b23-21-. The molecule has 0 saturated heterocycles. The fraction of sp³-hybridized carbons (Fsp3) is 0.0400. The highest BCUT2D eigenvalue weighted by Crippen LogP contribution is 2.37. The number of para-hydroxylation sites is 1. The van der Waals surface area contributed by atoms with Crippen LogP contribution in [0, 0.1) is 0 Å². The molecule has 2 aliphatic rings. The first-order valence-electron chi connectivity index (χ1n) is 9.64. The van der Waals surface area contributed by atoms with Crippen LogP contribution in [0.3, 0.4) is 0 Å². The molecule has 0 bridgehead atoms. The van der Waals surface area contributed by atoms with Gasteiger partial charge in [-0.15, -0.1) is 0 Å². The largest absolute Gasteiger partial charge is 0.457 e. The summed E-state index contributed by atoms with van der Waals surface area (Å²) in [6.07, 6.45) is 3.88. The van der Waals surface area contributed by atoms with Crippen molar-refractivity contribution in [2.75, 3.05) is 10.6 Å². The fourth-order valence-corrected chi connectivity index (χ4v) is 3.64. The van der Waals surface area contributed by atoms with Crippen molar-refractivity contribution in [1.82, 2.24) is 0 Å². The molecule has 2 N–H and O–H groups in total. The summed E-state index contributed by atoms with van der Waals surface area (Å²) in [5, 5.41) is 6.19. The van der Waals surface area contributed by atoms with Gasteiger partial charge in [0.15, 0.2) is 0 Å². The van der Waals surface area contributed by atoms with Crippen molar-refractivity contribution in [2.24, 2.45) is 0 Å². The Hall–Kier alpha value is -4.12. The Morgan fingerprint density at radius 2 is 1.63 bits per heavy atom. The molecule has 0 saturated carbocycles. The number of esters is 1. The zero-order chi connectivity index (χ0) is 20.5. The molecular formula is C25H18N2O3. The van der Waals surface area contributed by atoms with Crippen molar-refractivity contribution < 1.29 is 14.3 Å². The average Bonchev–Trinajstić information content (AvgIpc) is 3.12. The Balaban J connectivity index is 1.40. The molecule has 3 aromatic rings. The van der Waals surface area contributed by atoms with Crippen LogP contribution in [0.15, 0.2) is 84.6 Å². The topological polar surface area (TPSA) is 67.4 Å². The molecule has 0 aromatic heterocycles. The Morgan fingerprint density at radius 1 is 0.833 bits per heavy atom. The van der Waals surface area contributed by atoms with Crippen LogP contribution in [0.25, 0.3) is 11.6 Å². The molecule has 0 atom stereocenters. The summed E-state index contributed by atoms with van der Waals surface area (Å²) < 4.78 is 5.40. The molecule has 3 aromatic carbocycles. The molecular weight excluding hydrogens is 376 g/mol. The SMILES string of the molecule is O=C1Nc2cc(C(=O)OCc3ccccc3)ccc2/C1=C1\C=Cc2ccccc2N1. The third kappa shape index (κ3) is 3.26. The first-order valence-corrected chi connectivity index (χ1v) is 9.64. The summed E-state index contributed by atoms with van der Waals surface area (Å²) in [7, 11) is 0. The summed E-state index contributed by atoms with van der Waals surface area (Å²) >= 11 is 0. The normalized spacial score (nSPS) is 16.3. The molecule has 2 heterocycles. The first kappa shape index (κ1) is 17.9. The summed E-state index contributed by atoms with van der Waals surface area (Å²) in [5.41, 5.74) is 5.97. The van der Waals surface area contributed by atoms with Gasteiger partial charge >= 0.3 is 5.97 Å². The van der Waals surface area contributed by atoms with Crippen LogP contribution >= 0.6 is 0 Å². The van der Waals surface area contributed by atoms with E-state index >= 15 is 0 Å². The number of rotatable bonds is 3. The van der Waals surface area contributed by atoms with E-state index in [1.807, 2.05) is 66.7 Å². The van der Waals surface area contributed by atoms with Crippen LogP contribution in [0.5, 0.6) is 0 Å². The van der Waals surface area contributed by atoms with Crippen LogP contribution in [0.1, 0.15) is 27.0 Å². The minimum atomic E-state index is -0.429. The molecule has 0 aliphatic carbocycles. The molecule has 0 radical (unpaired) electrons. The molecule has 5 heteroatoms. The summed E-state index contributed by atoms with van der Waals surface area (Å²) in [5.74, 6) is -0.632. The summed E-state index contributed by atoms with van der Waals surface area (Å²) in [6, 6.07) is 22.5. The maximum Gasteiger partial charge on any atom is 0.338 e. The first-order chi connectivity index (χ1) is 14.7. The number of hydrogen-bond donors (Lipinski definition) is 2. The number of carbonyl (C=O) groups excluding carboxylic acids is 2. The van der Waals surface area contributed by atoms with E-state index in [9.17, 15) is 9.59 Å². The van der Waals surface area contributed by atoms with Gasteiger partial charge in [-0.1, -0.05) is 60.7 Å². The molecule has 5 nitrogen and oxygen atoms in total. The second-order valence-corrected chi connectivity index (χ2v) is 7.11. The van der Waals surface area contributed by atoms with E-state index in [1.165, 1.54) is 0 Å². The van der Waals surface area contributed by atoms with Crippen molar-refractivity contribution in [3.05, 3.63) is 107 Å². The maximum atomic E-state index is 12.7. The number of carbonyl (C=O) groups is 2. The number of fused-ring (bicyclic) bond motifs is 2. The Morgan fingerprint density at radius 3 is 2.50 bits per heavy atom. The average molecular weight is 394 g/mol. The fourth-order valence-electron chi connectivity index (χ4n) is 3.64. The Bertz CT molecular complexity index is 1230. The number of nitrogens with one attached hydrogen (secondary N) is 2.